The van der Waals surface area contributed by atoms with E-state index in [0.717, 1.165) is 18.2 Å². The van der Waals surface area contributed by atoms with Crippen molar-refractivity contribution in [2.24, 2.45) is 0 Å². The Bertz CT molecular complexity index is 734. The van der Waals surface area contributed by atoms with Gasteiger partial charge in [0.25, 0.3) is 0 Å². The third-order valence-corrected chi connectivity index (χ3v) is 3.28. The molecule has 0 atom stereocenters. The minimum absolute atomic E-state index is 0.0503. The van der Waals surface area contributed by atoms with Gasteiger partial charge in [0.15, 0.2) is 17.5 Å². The van der Waals surface area contributed by atoms with Crippen molar-refractivity contribution < 1.29 is 23.1 Å². The lowest BCUT2D eigenvalue weighted by atomic mass is 9.98. The summed E-state index contributed by atoms with van der Waals surface area (Å²) in [7, 11) is 0. The SMILES string of the molecule is CC/C(=C\C(=O)O)c1ccc(-c2ccc(F)c(F)c2F)cc1. The van der Waals surface area contributed by atoms with E-state index < -0.39 is 23.4 Å². The van der Waals surface area contributed by atoms with Gasteiger partial charge >= 0.3 is 5.97 Å². The van der Waals surface area contributed by atoms with Crippen LogP contribution in [0.5, 0.6) is 0 Å². The molecule has 2 nitrogen and oxygen atoms in total. The van der Waals surface area contributed by atoms with Gasteiger partial charge in [-0.05, 0) is 35.3 Å². The van der Waals surface area contributed by atoms with Gasteiger partial charge in [-0.1, -0.05) is 31.2 Å². The lowest BCUT2D eigenvalue weighted by Crippen LogP contribution is -1.95. The van der Waals surface area contributed by atoms with E-state index in [1.54, 1.807) is 12.1 Å². The fourth-order valence-corrected chi connectivity index (χ4v) is 2.15. The first-order valence-corrected chi connectivity index (χ1v) is 6.61. The van der Waals surface area contributed by atoms with Crippen LogP contribution in [0.4, 0.5) is 13.2 Å². The molecule has 0 fully saturated rings. The number of carbonyl (C=O) groups is 1. The average Bonchev–Trinajstić information content (AvgIpc) is 2.51. The standard InChI is InChI=1S/C17H13F3O2/c1-2-10(9-15(21)22)11-3-5-12(6-4-11)13-7-8-14(18)17(20)16(13)19/h3-9H,2H2,1H3,(H,21,22)/b10-9+. The van der Waals surface area contributed by atoms with Crippen molar-refractivity contribution in [2.75, 3.05) is 0 Å². The fraction of sp³-hybridized carbons (Fsp3) is 0.118. The van der Waals surface area contributed by atoms with Gasteiger partial charge < -0.3 is 5.11 Å². The maximum Gasteiger partial charge on any atom is 0.328 e. The summed E-state index contributed by atoms with van der Waals surface area (Å²) < 4.78 is 39.9. The molecule has 0 unspecified atom stereocenters. The highest BCUT2D eigenvalue weighted by atomic mass is 19.2. The van der Waals surface area contributed by atoms with Crippen LogP contribution in [-0.2, 0) is 4.79 Å². The Hall–Kier alpha value is -2.56. The monoisotopic (exact) mass is 306 g/mol. The summed E-state index contributed by atoms with van der Waals surface area (Å²) in [6, 6.07) is 8.34. The minimum atomic E-state index is -1.51. The van der Waals surface area contributed by atoms with Crippen LogP contribution in [0.2, 0.25) is 0 Å². The Kier molecular flexibility index (Phi) is 4.65. The van der Waals surface area contributed by atoms with E-state index >= 15 is 0 Å². The average molecular weight is 306 g/mol. The van der Waals surface area contributed by atoms with E-state index in [-0.39, 0.29) is 5.56 Å². The van der Waals surface area contributed by atoms with E-state index in [2.05, 4.69) is 0 Å². The molecule has 1 N–H and O–H groups in total. The molecule has 0 bridgehead atoms. The predicted octanol–water partition coefficient (Wildman–Crippen LogP) is 4.65. The lowest BCUT2D eigenvalue weighted by molar-refractivity contribution is -0.131. The van der Waals surface area contributed by atoms with Crippen molar-refractivity contribution in [1.82, 2.24) is 0 Å². The number of carboxylic acid groups (broad SMARTS) is 1. The fourth-order valence-electron chi connectivity index (χ4n) is 2.15. The normalized spacial score (nSPS) is 11.5. The van der Waals surface area contributed by atoms with E-state index in [1.807, 2.05) is 6.92 Å². The van der Waals surface area contributed by atoms with Gasteiger partial charge in [-0.15, -0.1) is 0 Å². The molecule has 0 radical (unpaired) electrons. The van der Waals surface area contributed by atoms with Gasteiger partial charge in [-0.25, -0.2) is 18.0 Å². The molecule has 114 valence electrons. The van der Waals surface area contributed by atoms with Crippen molar-refractivity contribution in [3.8, 4) is 11.1 Å². The molecule has 0 aliphatic carbocycles. The van der Waals surface area contributed by atoms with Crippen molar-refractivity contribution in [1.29, 1.82) is 0 Å². The molecule has 0 amide bonds. The zero-order chi connectivity index (χ0) is 16.3. The zero-order valence-electron chi connectivity index (χ0n) is 11.7. The van der Waals surface area contributed by atoms with E-state index in [9.17, 15) is 18.0 Å². The second kappa shape index (κ2) is 6.47. The first-order chi connectivity index (χ1) is 10.4. The predicted molar refractivity (Wildman–Crippen MR) is 77.7 cm³/mol. The smallest absolute Gasteiger partial charge is 0.328 e. The number of carboxylic acids is 1. The first-order valence-electron chi connectivity index (χ1n) is 6.61. The van der Waals surface area contributed by atoms with E-state index in [1.165, 1.54) is 12.1 Å². The van der Waals surface area contributed by atoms with Crippen LogP contribution in [-0.4, -0.2) is 11.1 Å². The summed E-state index contributed by atoms with van der Waals surface area (Å²) in [5.74, 6) is -5.05. The Labute approximate surface area is 125 Å². The van der Waals surface area contributed by atoms with Crippen molar-refractivity contribution >= 4 is 11.5 Å². The van der Waals surface area contributed by atoms with E-state index in [4.69, 9.17) is 5.11 Å². The molecule has 2 aromatic rings. The molecule has 5 heteroatoms. The summed E-state index contributed by atoms with van der Waals surface area (Å²) in [6.07, 6.45) is 1.62. The summed E-state index contributed by atoms with van der Waals surface area (Å²) >= 11 is 0. The number of hydrogen-bond donors (Lipinski definition) is 1. The van der Waals surface area contributed by atoms with E-state index in [0.29, 0.717) is 23.1 Å². The Morgan fingerprint density at radius 3 is 2.23 bits per heavy atom. The van der Waals surface area contributed by atoms with Crippen LogP contribution in [0.25, 0.3) is 16.7 Å². The minimum Gasteiger partial charge on any atom is -0.478 e. The molecule has 0 heterocycles. The van der Waals surface area contributed by atoms with Crippen molar-refractivity contribution in [3.63, 3.8) is 0 Å². The van der Waals surface area contributed by atoms with Crippen LogP contribution in [0, 0.1) is 17.5 Å². The summed E-state index contributed by atoms with van der Waals surface area (Å²) in [5, 5.41) is 8.80. The second-order valence-electron chi connectivity index (χ2n) is 4.66. The molecule has 0 spiro atoms. The Morgan fingerprint density at radius 1 is 1.05 bits per heavy atom. The number of rotatable bonds is 4. The van der Waals surface area contributed by atoms with Gasteiger partial charge in [0.2, 0.25) is 0 Å². The summed E-state index contributed by atoms with van der Waals surface area (Å²) in [5.41, 5.74) is 1.62. The number of benzene rings is 2. The molecular formula is C17H13F3O2. The van der Waals surface area contributed by atoms with Crippen LogP contribution < -0.4 is 0 Å². The van der Waals surface area contributed by atoms with Crippen LogP contribution >= 0.6 is 0 Å². The maximum atomic E-state index is 13.7. The summed E-state index contributed by atoms with van der Waals surface area (Å²) in [6.45, 7) is 1.82. The van der Waals surface area contributed by atoms with Crippen molar-refractivity contribution in [2.45, 2.75) is 13.3 Å². The molecule has 0 aromatic heterocycles. The molecular weight excluding hydrogens is 293 g/mol. The third-order valence-electron chi connectivity index (χ3n) is 3.28. The van der Waals surface area contributed by atoms with Gasteiger partial charge in [-0.3, -0.25) is 0 Å². The maximum absolute atomic E-state index is 13.7. The number of aliphatic carboxylic acids is 1. The number of allylic oxidation sites excluding steroid dienone is 1. The van der Waals surface area contributed by atoms with Gasteiger partial charge in [0, 0.05) is 11.6 Å². The van der Waals surface area contributed by atoms with Crippen LogP contribution in [0.3, 0.4) is 0 Å². The van der Waals surface area contributed by atoms with Crippen molar-refractivity contribution in [3.05, 3.63) is 65.5 Å². The highest BCUT2D eigenvalue weighted by Gasteiger charge is 2.14. The van der Waals surface area contributed by atoms with Crippen LogP contribution in [0.15, 0.2) is 42.5 Å². The molecule has 0 saturated carbocycles. The molecule has 0 saturated heterocycles. The number of hydrogen-bond acceptors (Lipinski definition) is 1. The quantitative estimate of drug-likeness (QED) is 0.659. The molecule has 0 aliphatic rings. The highest BCUT2D eigenvalue weighted by molar-refractivity contribution is 5.90. The largest absolute Gasteiger partial charge is 0.478 e. The molecule has 0 aliphatic heterocycles. The molecule has 22 heavy (non-hydrogen) atoms. The Morgan fingerprint density at radius 2 is 1.68 bits per heavy atom. The first kappa shape index (κ1) is 15.8. The third kappa shape index (κ3) is 3.19. The van der Waals surface area contributed by atoms with Gasteiger partial charge in [0.05, 0.1) is 0 Å². The molecule has 2 aromatic carbocycles. The van der Waals surface area contributed by atoms with Gasteiger partial charge in [-0.2, -0.15) is 0 Å². The topological polar surface area (TPSA) is 37.3 Å². The zero-order valence-corrected chi connectivity index (χ0v) is 11.7. The van der Waals surface area contributed by atoms with Crippen LogP contribution in [0.1, 0.15) is 18.9 Å². The molecule has 2 rings (SSSR count). The Balaban J connectivity index is 2.41. The highest BCUT2D eigenvalue weighted by Crippen LogP contribution is 2.28. The second-order valence-corrected chi connectivity index (χ2v) is 4.66. The number of halogens is 3. The summed E-state index contributed by atoms with van der Waals surface area (Å²) in [4.78, 5) is 10.7. The lowest BCUT2D eigenvalue weighted by Gasteiger charge is -2.08. The van der Waals surface area contributed by atoms with Gasteiger partial charge in [0.1, 0.15) is 0 Å².